The topological polar surface area (TPSA) is 48.7 Å². The van der Waals surface area contributed by atoms with E-state index < -0.39 is 0 Å². The third kappa shape index (κ3) is 2.16. The summed E-state index contributed by atoms with van der Waals surface area (Å²) in [6.07, 6.45) is 6.92. The van der Waals surface area contributed by atoms with E-state index in [0.29, 0.717) is 11.1 Å². The molecule has 84 valence electrons. The number of pyridine rings is 1. The van der Waals surface area contributed by atoms with E-state index in [9.17, 15) is 0 Å². The summed E-state index contributed by atoms with van der Waals surface area (Å²) in [5.74, 6) is 0. The largest absolute Gasteiger partial charge is 0.384 e. The first-order chi connectivity index (χ1) is 7.78. The lowest BCUT2D eigenvalue weighted by molar-refractivity contribution is 0.145. The number of nitrogens with zero attached hydrogens (tertiary/aromatic N) is 2. The molecule has 0 radical (unpaired) electrons. The van der Waals surface area contributed by atoms with Crippen LogP contribution in [0.2, 0.25) is 0 Å². The number of hydrogen-bond donors (Lipinski definition) is 1. The van der Waals surface area contributed by atoms with Crippen LogP contribution < -0.4 is 5.32 Å². The summed E-state index contributed by atoms with van der Waals surface area (Å²) in [7, 11) is 0. The summed E-state index contributed by atoms with van der Waals surface area (Å²) in [5.41, 5.74) is 1.98. The van der Waals surface area contributed by atoms with E-state index in [0.717, 1.165) is 12.2 Å². The second-order valence-corrected chi connectivity index (χ2v) is 4.60. The number of rotatable bonds is 4. The van der Waals surface area contributed by atoms with Crippen molar-refractivity contribution in [2.45, 2.75) is 32.6 Å². The van der Waals surface area contributed by atoms with E-state index in [1.165, 1.54) is 25.7 Å². The molecule has 0 aromatic carbocycles. The van der Waals surface area contributed by atoms with Gasteiger partial charge in [0.1, 0.15) is 11.8 Å². The Balaban J connectivity index is 1.96. The molecular formula is C13H17N3. The van der Waals surface area contributed by atoms with Crippen molar-refractivity contribution in [3.8, 4) is 6.07 Å². The van der Waals surface area contributed by atoms with Crippen molar-refractivity contribution in [1.82, 2.24) is 4.98 Å². The zero-order valence-electron chi connectivity index (χ0n) is 9.66. The Labute approximate surface area is 96.5 Å². The van der Waals surface area contributed by atoms with Gasteiger partial charge in [-0.2, -0.15) is 5.26 Å². The van der Waals surface area contributed by atoms with Gasteiger partial charge in [0.2, 0.25) is 0 Å². The highest BCUT2D eigenvalue weighted by atomic mass is 14.9. The van der Waals surface area contributed by atoms with Crippen molar-refractivity contribution >= 4 is 5.69 Å². The number of anilines is 1. The number of hydrogen-bond acceptors (Lipinski definition) is 3. The van der Waals surface area contributed by atoms with E-state index in [-0.39, 0.29) is 0 Å². The SMILES string of the molecule is CCC1(CNc2ccnc(C#N)c2)CCC1. The summed E-state index contributed by atoms with van der Waals surface area (Å²) in [5, 5.41) is 12.2. The fourth-order valence-corrected chi connectivity index (χ4v) is 2.22. The average Bonchev–Trinajstić information content (AvgIpc) is 2.29. The molecule has 3 heteroatoms. The van der Waals surface area contributed by atoms with Crippen molar-refractivity contribution in [1.29, 1.82) is 5.26 Å². The van der Waals surface area contributed by atoms with Crippen molar-refractivity contribution in [3.05, 3.63) is 24.0 Å². The van der Waals surface area contributed by atoms with E-state index in [2.05, 4.69) is 23.3 Å². The van der Waals surface area contributed by atoms with Crippen LogP contribution in [0.4, 0.5) is 5.69 Å². The third-order valence-electron chi connectivity index (χ3n) is 3.71. The van der Waals surface area contributed by atoms with Gasteiger partial charge in [-0.1, -0.05) is 13.3 Å². The predicted molar refractivity (Wildman–Crippen MR) is 64.0 cm³/mol. The highest BCUT2D eigenvalue weighted by molar-refractivity contribution is 5.46. The average molecular weight is 215 g/mol. The maximum Gasteiger partial charge on any atom is 0.142 e. The van der Waals surface area contributed by atoms with Gasteiger partial charge in [0.15, 0.2) is 0 Å². The Morgan fingerprint density at radius 3 is 2.94 bits per heavy atom. The molecule has 0 unspecified atom stereocenters. The van der Waals surface area contributed by atoms with Crippen LogP contribution in [0.1, 0.15) is 38.3 Å². The smallest absolute Gasteiger partial charge is 0.142 e. The monoisotopic (exact) mass is 215 g/mol. The van der Waals surface area contributed by atoms with Gasteiger partial charge >= 0.3 is 0 Å². The molecule has 16 heavy (non-hydrogen) atoms. The second-order valence-electron chi connectivity index (χ2n) is 4.60. The molecule has 1 N–H and O–H groups in total. The molecule has 1 fully saturated rings. The number of nitrogens with one attached hydrogen (secondary N) is 1. The second kappa shape index (κ2) is 4.52. The van der Waals surface area contributed by atoms with Crippen molar-refractivity contribution in [2.24, 2.45) is 5.41 Å². The Bertz CT molecular complexity index is 396. The Morgan fingerprint density at radius 2 is 2.38 bits per heavy atom. The fourth-order valence-electron chi connectivity index (χ4n) is 2.22. The first kappa shape index (κ1) is 10.9. The van der Waals surface area contributed by atoms with Crippen LogP contribution in [0.15, 0.2) is 18.3 Å². The summed E-state index contributed by atoms with van der Waals surface area (Å²) < 4.78 is 0. The first-order valence-electron chi connectivity index (χ1n) is 5.88. The molecule has 1 aliphatic rings. The molecule has 1 saturated carbocycles. The molecule has 0 atom stereocenters. The van der Waals surface area contributed by atoms with Crippen LogP contribution in [0.5, 0.6) is 0 Å². The van der Waals surface area contributed by atoms with Crippen molar-refractivity contribution in [3.63, 3.8) is 0 Å². The highest BCUT2D eigenvalue weighted by Crippen LogP contribution is 2.43. The summed E-state index contributed by atoms with van der Waals surface area (Å²) in [4.78, 5) is 3.96. The van der Waals surface area contributed by atoms with E-state index in [4.69, 9.17) is 5.26 Å². The zero-order valence-corrected chi connectivity index (χ0v) is 9.66. The molecule has 0 aliphatic heterocycles. The van der Waals surface area contributed by atoms with Gasteiger partial charge in [0.05, 0.1) is 0 Å². The van der Waals surface area contributed by atoms with E-state index in [1.807, 2.05) is 12.1 Å². The van der Waals surface area contributed by atoms with Crippen LogP contribution in [0, 0.1) is 16.7 Å². The Morgan fingerprint density at radius 1 is 1.56 bits per heavy atom. The Hall–Kier alpha value is -1.56. The van der Waals surface area contributed by atoms with Crippen molar-refractivity contribution in [2.75, 3.05) is 11.9 Å². The first-order valence-corrected chi connectivity index (χ1v) is 5.88. The van der Waals surface area contributed by atoms with Crippen molar-refractivity contribution < 1.29 is 0 Å². The molecule has 1 aromatic rings. The lowest BCUT2D eigenvalue weighted by Crippen LogP contribution is -2.35. The van der Waals surface area contributed by atoms with Crippen LogP contribution in [0.25, 0.3) is 0 Å². The standard InChI is InChI=1S/C13H17N3/c1-2-13(5-3-6-13)10-16-11-4-7-15-12(8-11)9-14/h4,7-8H,2-3,5-6,10H2,1H3,(H,15,16). The van der Waals surface area contributed by atoms with Gasteiger partial charge in [-0.05, 0) is 36.8 Å². The molecule has 0 amide bonds. The summed E-state index contributed by atoms with van der Waals surface area (Å²) in [6, 6.07) is 5.78. The van der Waals surface area contributed by atoms with Gasteiger partial charge in [-0.3, -0.25) is 0 Å². The molecular weight excluding hydrogens is 198 g/mol. The predicted octanol–water partition coefficient (Wildman–Crippen LogP) is 2.95. The highest BCUT2D eigenvalue weighted by Gasteiger charge is 2.34. The maximum absolute atomic E-state index is 8.75. The molecule has 2 rings (SSSR count). The van der Waals surface area contributed by atoms with E-state index in [1.54, 1.807) is 6.20 Å². The van der Waals surface area contributed by atoms with Gasteiger partial charge in [-0.15, -0.1) is 0 Å². The van der Waals surface area contributed by atoms with Crippen LogP contribution in [-0.4, -0.2) is 11.5 Å². The molecule has 1 aromatic heterocycles. The van der Waals surface area contributed by atoms with Crippen LogP contribution in [-0.2, 0) is 0 Å². The van der Waals surface area contributed by atoms with Crippen LogP contribution >= 0.6 is 0 Å². The van der Waals surface area contributed by atoms with Gasteiger partial charge in [0, 0.05) is 18.4 Å². The molecule has 3 nitrogen and oxygen atoms in total. The summed E-state index contributed by atoms with van der Waals surface area (Å²) >= 11 is 0. The van der Waals surface area contributed by atoms with Crippen LogP contribution in [0.3, 0.4) is 0 Å². The quantitative estimate of drug-likeness (QED) is 0.840. The maximum atomic E-state index is 8.75. The zero-order chi connectivity index (χ0) is 11.4. The Kier molecular flexibility index (Phi) is 3.09. The minimum atomic E-state index is 0.476. The minimum absolute atomic E-state index is 0.476. The summed E-state index contributed by atoms with van der Waals surface area (Å²) in [6.45, 7) is 3.27. The van der Waals surface area contributed by atoms with Gasteiger partial charge in [0.25, 0.3) is 0 Å². The lowest BCUT2D eigenvalue weighted by Gasteiger charge is -2.41. The molecule has 0 bridgehead atoms. The molecule has 1 aliphatic carbocycles. The van der Waals surface area contributed by atoms with Gasteiger partial charge < -0.3 is 5.32 Å². The molecule has 0 saturated heterocycles. The normalized spacial score (nSPS) is 17.2. The minimum Gasteiger partial charge on any atom is -0.384 e. The fraction of sp³-hybridized carbons (Fsp3) is 0.538. The number of nitriles is 1. The lowest BCUT2D eigenvalue weighted by atomic mass is 9.67. The van der Waals surface area contributed by atoms with E-state index >= 15 is 0 Å². The number of aromatic nitrogens is 1. The molecule has 0 spiro atoms. The van der Waals surface area contributed by atoms with Gasteiger partial charge in [-0.25, -0.2) is 4.98 Å². The molecule has 1 heterocycles. The third-order valence-corrected chi connectivity index (χ3v) is 3.71.